The third-order valence-corrected chi connectivity index (χ3v) is 3.13. The Bertz CT molecular complexity index is 647. The largest absolute Gasteiger partial charge is 0.0990 e. The van der Waals surface area contributed by atoms with E-state index in [-0.39, 0.29) is 0 Å². The van der Waals surface area contributed by atoms with Crippen LogP contribution in [0.2, 0.25) is 0 Å². The average Bonchev–Trinajstić information content (AvgIpc) is 2.53. The van der Waals surface area contributed by atoms with Crippen LogP contribution in [-0.4, -0.2) is 0 Å². The lowest BCUT2D eigenvalue weighted by Gasteiger charge is -2.05. The summed E-state index contributed by atoms with van der Waals surface area (Å²) in [6.07, 6.45) is 13.8. The van der Waals surface area contributed by atoms with Crippen molar-refractivity contribution < 1.29 is 0 Å². The summed E-state index contributed by atoms with van der Waals surface area (Å²) in [5, 5.41) is 0. The second-order valence-corrected chi connectivity index (χ2v) is 4.94. The first-order valence-electron chi connectivity index (χ1n) is 7.35. The summed E-state index contributed by atoms with van der Waals surface area (Å²) < 4.78 is 0. The lowest BCUT2D eigenvalue weighted by Crippen LogP contribution is -1.84. The third-order valence-electron chi connectivity index (χ3n) is 3.13. The number of allylic oxidation sites excluding steroid dienone is 11. The molecule has 0 bridgehead atoms. The van der Waals surface area contributed by atoms with Crippen LogP contribution in [0, 0.1) is 0 Å². The molecule has 1 aromatic carbocycles. The lowest BCUT2D eigenvalue weighted by molar-refractivity contribution is 1.45. The molecule has 112 valence electrons. The molecule has 0 saturated heterocycles. The number of hydrogen-bond acceptors (Lipinski definition) is 0. The van der Waals surface area contributed by atoms with Gasteiger partial charge in [0, 0.05) is 0 Å². The topological polar surface area (TPSA) is 0 Å². The van der Waals surface area contributed by atoms with Gasteiger partial charge in [0.05, 0.1) is 0 Å². The quantitative estimate of drug-likeness (QED) is 0.506. The molecule has 0 aliphatic rings. The zero-order chi connectivity index (χ0) is 16.4. The van der Waals surface area contributed by atoms with Crippen molar-refractivity contribution in [3.05, 3.63) is 115 Å². The maximum Gasteiger partial charge on any atom is -0.0184 e. The highest BCUT2D eigenvalue weighted by Gasteiger charge is 1.99. The van der Waals surface area contributed by atoms with E-state index in [0.717, 1.165) is 27.9 Å². The SMILES string of the molecule is C=C/C=C(\C=C/C)C(=C)/C=C(C)\C=C(/C=C)c1ccccc1. The Morgan fingerprint density at radius 2 is 1.73 bits per heavy atom. The molecule has 0 radical (unpaired) electrons. The van der Waals surface area contributed by atoms with Crippen LogP contribution in [0.5, 0.6) is 0 Å². The Hall–Kier alpha value is -2.60. The van der Waals surface area contributed by atoms with Gasteiger partial charge in [0.1, 0.15) is 0 Å². The van der Waals surface area contributed by atoms with Crippen LogP contribution < -0.4 is 0 Å². The number of rotatable bonds is 7. The molecule has 0 nitrogen and oxygen atoms in total. The highest BCUT2D eigenvalue weighted by molar-refractivity contribution is 5.75. The summed E-state index contributed by atoms with van der Waals surface area (Å²) in [7, 11) is 0. The second-order valence-electron chi connectivity index (χ2n) is 4.94. The molecule has 0 aliphatic carbocycles. The van der Waals surface area contributed by atoms with Crippen molar-refractivity contribution in [2.24, 2.45) is 0 Å². The van der Waals surface area contributed by atoms with E-state index in [1.807, 2.05) is 49.4 Å². The van der Waals surface area contributed by atoms with Crippen molar-refractivity contribution in [2.75, 3.05) is 0 Å². The van der Waals surface area contributed by atoms with Gasteiger partial charge in [-0.2, -0.15) is 0 Å². The minimum absolute atomic E-state index is 0.961. The summed E-state index contributed by atoms with van der Waals surface area (Å²) in [5.41, 5.74) is 5.41. The average molecular weight is 288 g/mol. The Morgan fingerprint density at radius 1 is 1.05 bits per heavy atom. The van der Waals surface area contributed by atoms with E-state index < -0.39 is 0 Å². The number of hydrogen-bond donors (Lipinski definition) is 0. The van der Waals surface area contributed by atoms with Crippen LogP contribution in [0.15, 0.2) is 109 Å². The van der Waals surface area contributed by atoms with Gasteiger partial charge >= 0.3 is 0 Å². The maximum atomic E-state index is 4.14. The minimum atomic E-state index is 0.961. The maximum absolute atomic E-state index is 4.14. The van der Waals surface area contributed by atoms with Gasteiger partial charge in [-0.15, -0.1) is 0 Å². The molecule has 0 spiro atoms. The standard InChI is InChI=1S/C22H24/c1-6-12-21(13-7-2)19(5)16-18(4)17-20(8-3)22-14-10-9-11-15-22/h6-17H,1,3,5H2,2,4H3/b13-7-,18-16-,20-17+,21-12+. The Kier molecular flexibility index (Phi) is 7.42. The Balaban J connectivity index is 3.08. The van der Waals surface area contributed by atoms with Crippen LogP contribution in [0.3, 0.4) is 0 Å². The molecule has 0 heterocycles. The van der Waals surface area contributed by atoms with Gasteiger partial charge in [-0.05, 0) is 41.7 Å². The number of benzene rings is 1. The summed E-state index contributed by atoms with van der Waals surface area (Å²) in [6, 6.07) is 10.2. The Morgan fingerprint density at radius 3 is 2.27 bits per heavy atom. The summed E-state index contributed by atoms with van der Waals surface area (Å²) in [6.45, 7) is 15.9. The van der Waals surface area contributed by atoms with Crippen molar-refractivity contribution in [1.82, 2.24) is 0 Å². The first kappa shape index (κ1) is 17.5. The predicted octanol–water partition coefficient (Wildman–Crippen LogP) is 6.45. The van der Waals surface area contributed by atoms with Crippen molar-refractivity contribution in [3.8, 4) is 0 Å². The molecule has 1 aromatic rings. The van der Waals surface area contributed by atoms with E-state index in [1.54, 1.807) is 6.08 Å². The summed E-state index contributed by atoms with van der Waals surface area (Å²) in [5.74, 6) is 0. The zero-order valence-corrected chi connectivity index (χ0v) is 13.5. The van der Waals surface area contributed by atoms with Crippen LogP contribution >= 0.6 is 0 Å². The van der Waals surface area contributed by atoms with Gasteiger partial charge in [0.15, 0.2) is 0 Å². The minimum Gasteiger partial charge on any atom is -0.0990 e. The van der Waals surface area contributed by atoms with E-state index in [4.69, 9.17) is 0 Å². The van der Waals surface area contributed by atoms with Gasteiger partial charge in [-0.25, -0.2) is 0 Å². The lowest BCUT2D eigenvalue weighted by atomic mass is 10.0. The van der Waals surface area contributed by atoms with E-state index in [2.05, 4.69) is 50.9 Å². The van der Waals surface area contributed by atoms with Gasteiger partial charge in [-0.1, -0.05) is 92.6 Å². The fraction of sp³-hybridized carbons (Fsp3) is 0.0909. The summed E-state index contributed by atoms with van der Waals surface area (Å²) in [4.78, 5) is 0. The highest BCUT2D eigenvalue weighted by Crippen LogP contribution is 2.19. The smallest absolute Gasteiger partial charge is 0.0184 e. The first-order valence-corrected chi connectivity index (χ1v) is 7.35. The van der Waals surface area contributed by atoms with E-state index >= 15 is 0 Å². The fourth-order valence-corrected chi connectivity index (χ4v) is 2.11. The van der Waals surface area contributed by atoms with Crippen molar-refractivity contribution >= 4 is 5.57 Å². The van der Waals surface area contributed by atoms with Gasteiger partial charge in [0.25, 0.3) is 0 Å². The predicted molar refractivity (Wildman–Crippen MR) is 101 cm³/mol. The third kappa shape index (κ3) is 5.41. The van der Waals surface area contributed by atoms with Gasteiger partial charge in [0.2, 0.25) is 0 Å². The molecule has 22 heavy (non-hydrogen) atoms. The zero-order valence-electron chi connectivity index (χ0n) is 13.5. The van der Waals surface area contributed by atoms with Gasteiger partial charge in [-0.3, -0.25) is 0 Å². The molecule has 0 unspecified atom stereocenters. The molecule has 0 saturated carbocycles. The van der Waals surface area contributed by atoms with E-state index in [9.17, 15) is 0 Å². The van der Waals surface area contributed by atoms with E-state index in [1.165, 1.54) is 0 Å². The van der Waals surface area contributed by atoms with Crippen LogP contribution in [-0.2, 0) is 0 Å². The molecule has 0 amide bonds. The van der Waals surface area contributed by atoms with Crippen LogP contribution in [0.4, 0.5) is 0 Å². The molecule has 0 aromatic heterocycles. The molecule has 1 rings (SSSR count). The fourth-order valence-electron chi connectivity index (χ4n) is 2.11. The van der Waals surface area contributed by atoms with Gasteiger partial charge < -0.3 is 0 Å². The molecule has 0 fully saturated rings. The van der Waals surface area contributed by atoms with Crippen molar-refractivity contribution in [1.29, 1.82) is 0 Å². The molecule has 0 atom stereocenters. The van der Waals surface area contributed by atoms with Crippen molar-refractivity contribution in [2.45, 2.75) is 13.8 Å². The second kappa shape index (κ2) is 9.36. The summed E-state index contributed by atoms with van der Waals surface area (Å²) >= 11 is 0. The molecule has 0 aliphatic heterocycles. The Labute approximate surface area is 134 Å². The highest BCUT2D eigenvalue weighted by atomic mass is 14.0. The molecular formula is C22H24. The molecular weight excluding hydrogens is 264 g/mol. The molecule has 0 N–H and O–H groups in total. The monoisotopic (exact) mass is 288 g/mol. The van der Waals surface area contributed by atoms with Crippen LogP contribution in [0.1, 0.15) is 19.4 Å². The van der Waals surface area contributed by atoms with E-state index in [0.29, 0.717) is 0 Å². The molecule has 0 heteroatoms. The normalized spacial score (nSPS) is 13.3. The van der Waals surface area contributed by atoms with Crippen LogP contribution in [0.25, 0.3) is 5.57 Å². The van der Waals surface area contributed by atoms with Crippen molar-refractivity contribution in [3.63, 3.8) is 0 Å². The first-order chi connectivity index (χ1) is 10.6.